The van der Waals surface area contributed by atoms with Gasteiger partial charge in [-0.05, 0) is 11.8 Å². The van der Waals surface area contributed by atoms with Gasteiger partial charge in [0.05, 0.1) is 5.08 Å². The van der Waals surface area contributed by atoms with Crippen LogP contribution in [0.25, 0.3) is 0 Å². The lowest BCUT2D eigenvalue weighted by molar-refractivity contribution is 0.339. The van der Waals surface area contributed by atoms with Crippen LogP contribution in [0.3, 0.4) is 0 Å². The maximum Gasteiger partial charge on any atom is 0.309 e. The Morgan fingerprint density at radius 1 is 1.45 bits per heavy atom. The van der Waals surface area contributed by atoms with Crippen LogP contribution in [0, 0.1) is 0 Å². The van der Waals surface area contributed by atoms with Crippen molar-refractivity contribution in [3.63, 3.8) is 0 Å². The molecule has 0 bridgehead atoms. The molecule has 0 unspecified atom stereocenters. The molecule has 11 heavy (non-hydrogen) atoms. The highest BCUT2D eigenvalue weighted by Gasteiger charge is 2.20. The van der Waals surface area contributed by atoms with E-state index in [4.69, 9.17) is 20.9 Å². The van der Waals surface area contributed by atoms with Gasteiger partial charge in [0.25, 0.3) is 0 Å². The molecule has 7 heteroatoms. The molecular formula is C4H8NO2PS3. The van der Waals surface area contributed by atoms with Crippen molar-refractivity contribution in [3.8, 4) is 0 Å². The largest absolute Gasteiger partial charge is 0.316 e. The van der Waals surface area contributed by atoms with E-state index in [1.54, 1.807) is 23.5 Å². The second-order valence-electron chi connectivity index (χ2n) is 1.61. The Hall–Kier alpha value is 0.940. The summed E-state index contributed by atoms with van der Waals surface area (Å²) in [5.41, 5.74) is 0. The molecule has 0 aromatic carbocycles. The van der Waals surface area contributed by atoms with E-state index in [1.165, 1.54) is 14.2 Å². The number of nitrogens with zero attached hydrogens (tertiary/aromatic N) is 1. The van der Waals surface area contributed by atoms with Gasteiger partial charge in [-0.25, -0.2) is 0 Å². The maximum absolute atomic E-state index is 5.03. The molecule has 64 valence electrons. The van der Waals surface area contributed by atoms with Gasteiger partial charge in [-0.15, -0.1) is 0 Å². The van der Waals surface area contributed by atoms with Crippen molar-refractivity contribution in [1.29, 1.82) is 0 Å². The van der Waals surface area contributed by atoms with E-state index in [0.29, 0.717) is 0 Å². The molecule has 0 amide bonds. The normalized spacial score (nSPS) is 17.8. The lowest BCUT2D eigenvalue weighted by Gasteiger charge is -2.17. The lowest BCUT2D eigenvalue weighted by atomic mass is 11.7. The first-order chi connectivity index (χ1) is 5.20. The quantitative estimate of drug-likeness (QED) is 0.693. The predicted molar refractivity (Wildman–Crippen MR) is 55.8 cm³/mol. The van der Waals surface area contributed by atoms with Gasteiger partial charge >= 0.3 is 6.64 Å². The highest BCUT2D eigenvalue weighted by Crippen LogP contribution is 2.52. The first-order valence-electron chi connectivity index (χ1n) is 2.77. The van der Waals surface area contributed by atoms with Crippen molar-refractivity contribution < 1.29 is 9.05 Å². The van der Waals surface area contributed by atoms with Gasteiger partial charge < -0.3 is 9.05 Å². The first-order valence-corrected chi connectivity index (χ1v) is 7.34. The maximum atomic E-state index is 5.03. The Balaban J connectivity index is 2.62. The molecule has 0 atom stereocenters. The third-order valence-electron chi connectivity index (χ3n) is 1.03. The fourth-order valence-electron chi connectivity index (χ4n) is 0.426. The SMILES string of the molecule is COP(=S)(N=C1SCS1)OC. The van der Waals surface area contributed by atoms with E-state index in [2.05, 4.69) is 4.76 Å². The van der Waals surface area contributed by atoms with Crippen LogP contribution in [-0.2, 0) is 20.9 Å². The molecule has 0 saturated carbocycles. The Bertz CT molecular complexity index is 205. The first kappa shape index (κ1) is 10.0. The second-order valence-corrected chi connectivity index (χ2v) is 7.41. The Kier molecular flexibility index (Phi) is 3.88. The van der Waals surface area contributed by atoms with Crippen LogP contribution in [-0.4, -0.2) is 23.7 Å². The van der Waals surface area contributed by atoms with E-state index in [1.807, 2.05) is 0 Å². The molecule has 1 aliphatic rings. The molecular weight excluding hydrogens is 221 g/mol. The third-order valence-corrected chi connectivity index (χ3v) is 6.13. The minimum atomic E-state index is -2.32. The summed E-state index contributed by atoms with van der Waals surface area (Å²) in [6.45, 7) is -2.32. The Morgan fingerprint density at radius 2 is 2.00 bits per heavy atom. The molecule has 1 fully saturated rings. The minimum Gasteiger partial charge on any atom is -0.316 e. The van der Waals surface area contributed by atoms with Crippen molar-refractivity contribution in [2.45, 2.75) is 0 Å². The van der Waals surface area contributed by atoms with Gasteiger partial charge in [0.15, 0.2) is 0 Å². The molecule has 0 aromatic heterocycles. The number of thioether (sulfide) groups is 2. The summed E-state index contributed by atoms with van der Waals surface area (Å²) >= 11 is 8.39. The van der Waals surface area contributed by atoms with Crippen LogP contribution in [0.4, 0.5) is 0 Å². The van der Waals surface area contributed by atoms with Crippen molar-refractivity contribution >= 4 is 46.3 Å². The van der Waals surface area contributed by atoms with Crippen LogP contribution in [0.2, 0.25) is 0 Å². The molecule has 0 aromatic rings. The zero-order valence-corrected chi connectivity index (χ0v) is 9.49. The number of hydrogen-bond donors (Lipinski definition) is 0. The van der Waals surface area contributed by atoms with Gasteiger partial charge in [0.2, 0.25) is 0 Å². The average molecular weight is 229 g/mol. The summed E-state index contributed by atoms with van der Waals surface area (Å²) in [7, 11) is 3.06. The summed E-state index contributed by atoms with van der Waals surface area (Å²) in [6.07, 6.45) is 0. The van der Waals surface area contributed by atoms with Gasteiger partial charge in [0.1, 0.15) is 4.38 Å². The zero-order valence-electron chi connectivity index (χ0n) is 6.14. The van der Waals surface area contributed by atoms with Gasteiger partial charge in [-0.3, -0.25) is 0 Å². The Labute approximate surface area is 79.5 Å². The molecule has 3 nitrogen and oxygen atoms in total. The van der Waals surface area contributed by atoms with E-state index in [9.17, 15) is 0 Å². The zero-order chi connectivity index (χ0) is 8.32. The van der Waals surface area contributed by atoms with E-state index in [0.717, 1.165) is 9.46 Å². The summed E-state index contributed by atoms with van der Waals surface area (Å²) in [5, 5.41) is 1.06. The molecule has 1 aliphatic heterocycles. The van der Waals surface area contributed by atoms with E-state index < -0.39 is 6.64 Å². The van der Waals surface area contributed by atoms with Crippen molar-refractivity contribution in [3.05, 3.63) is 0 Å². The molecule has 0 spiro atoms. The highest BCUT2D eigenvalue weighted by atomic mass is 32.5. The topological polar surface area (TPSA) is 30.8 Å². The summed E-state index contributed by atoms with van der Waals surface area (Å²) in [5.74, 6) is 0. The van der Waals surface area contributed by atoms with Gasteiger partial charge in [-0.2, -0.15) is 4.76 Å². The molecule has 1 heterocycles. The fraction of sp³-hybridized carbons (Fsp3) is 0.750. The minimum absolute atomic E-state index is 0.983. The molecule has 1 rings (SSSR count). The Morgan fingerprint density at radius 3 is 2.27 bits per heavy atom. The summed E-state index contributed by atoms with van der Waals surface area (Å²) in [6, 6.07) is 0. The number of hydrogen-bond acceptors (Lipinski definition) is 5. The standard InChI is InChI=1S/C4H8NO2PS3/c1-6-8(9,7-2)5-4-10-3-11-4/h3H2,1-2H3. The van der Waals surface area contributed by atoms with Crippen LogP contribution in [0.15, 0.2) is 4.76 Å². The molecule has 0 radical (unpaired) electrons. The number of rotatable bonds is 3. The van der Waals surface area contributed by atoms with Gasteiger partial charge in [-0.1, -0.05) is 23.5 Å². The monoisotopic (exact) mass is 229 g/mol. The third kappa shape index (κ3) is 2.72. The smallest absolute Gasteiger partial charge is 0.309 e. The van der Waals surface area contributed by atoms with E-state index >= 15 is 0 Å². The van der Waals surface area contributed by atoms with Crippen LogP contribution in [0.5, 0.6) is 0 Å². The fourth-order valence-corrected chi connectivity index (χ4v) is 3.49. The van der Waals surface area contributed by atoms with Crippen molar-refractivity contribution in [1.82, 2.24) is 0 Å². The molecule has 1 saturated heterocycles. The summed E-state index contributed by atoms with van der Waals surface area (Å²) in [4.78, 5) is 0. The summed E-state index contributed by atoms with van der Waals surface area (Å²) < 4.78 is 15.1. The second kappa shape index (κ2) is 4.25. The van der Waals surface area contributed by atoms with Crippen LogP contribution < -0.4 is 0 Å². The molecule has 0 N–H and O–H groups in total. The van der Waals surface area contributed by atoms with Gasteiger partial charge in [0, 0.05) is 14.2 Å². The molecule has 0 aliphatic carbocycles. The van der Waals surface area contributed by atoms with Crippen molar-refractivity contribution in [2.75, 3.05) is 19.3 Å². The van der Waals surface area contributed by atoms with Crippen molar-refractivity contribution in [2.24, 2.45) is 4.76 Å². The van der Waals surface area contributed by atoms with Crippen LogP contribution in [0.1, 0.15) is 0 Å². The average Bonchev–Trinajstić information content (AvgIpc) is 1.97. The van der Waals surface area contributed by atoms with E-state index in [-0.39, 0.29) is 0 Å². The van der Waals surface area contributed by atoms with Crippen LogP contribution >= 0.6 is 30.2 Å². The highest BCUT2D eigenvalue weighted by molar-refractivity contribution is 8.52. The predicted octanol–water partition coefficient (Wildman–Crippen LogP) is 2.30. The lowest BCUT2D eigenvalue weighted by Crippen LogP contribution is -1.99.